The highest BCUT2D eigenvalue weighted by atomic mass is 35.5. The molecule has 1 aromatic rings. The first kappa shape index (κ1) is 13.6. The summed E-state index contributed by atoms with van der Waals surface area (Å²) in [5, 5.41) is 0. The lowest BCUT2D eigenvalue weighted by Crippen LogP contribution is -2.36. The molecule has 2 rings (SSSR count). The largest absolute Gasteiger partial charge is 0.367 e. The topological polar surface area (TPSA) is 3.24 Å². The van der Waals surface area contributed by atoms with Gasteiger partial charge in [-0.1, -0.05) is 13.3 Å². The lowest BCUT2D eigenvalue weighted by Gasteiger charge is -2.34. The number of anilines is 1. The van der Waals surface area contributed by atoms with Gasteiger partial charge in [-0.15, -0.1) is 11.6 Å². The molecule has 100 valence electrons. The Labute approximate surface area is 112 Å². The summed E-state index contributed by atoms with van der Waals surface area (Å²) in [6, 6.07) is 2.67. The second-order valence-electron chi connectivity index (χ2n) is 4.90. The van der Waals surface area contributed by atoms with Crippen LogP contribution in [0.25, 0.3) is 0 Å². The second kappa shape index (κ2) is 5.87. The molecule has 1 fully saturated rings. The summed E-state index contributed by atoms with van der Waals surface area (Å²) >= 11 is 5.61. The fourth-order valence-electron chi connectivity index (χ4n) is 2.60. The predicted octanol–water partition coefficient (Wildman–Crippen LogP) is 4.33. The SMILES string of the molecule is CCC1CCCN(c2c(F)cc(CCl)cc2F)C1. The van der Waals surface area contributed by atoms with E-state index in [-0.39, 0.29) is 11.6 Å². The van der Waals surface area contributed by atoms with Gasteiger partial charge in [0, 0.05) is 19.0 Å². The Hall–Kier alpha value is -0.830. The van der Waals surface area contributed by atoms with E-state index in [9.17, 15) is 8.78 Å². The van der Waals surface area contributed by atoms with Gasteiger partial charge < -0.3 is 4.90 Å². The Morgan fingerprint density at radius 3 is 2.56 bits per heavy atom. The molecule has 0 radical (unpaired) electrons. The lowest BCUT2D eigenvalue weighted by molar-refractivity contribution is 0.397. The summed E-state index contributed by atoms with van der Waals surface area (Å²) in [5.41, 5.74) is 0.599. The maximum Gasteiger partial charge on any atom is 0.149 e. The van der Waals surface area contributed by atoms with Crippen molar-refractivity contribution in [3.63, 3.8) is 0 Å². The quantitative estimate of drug-likeness (QED) is 0.741. The Kier molecular flexibility index (Phi) is 4.44. The van der Waals surface area contributed by atoms with Gasteiger partial charge in [0.05, 0.1) is 0 Å². The van der Waals surface area contributed by atoms with Crippen molar-refractivity contribution in [1.82, 2.24) is 0 Å². The maximum atomic E-state index is 14.0. The molecule has 1 atom stereocenters. The monoisotopic (exact) mass is 273 g/mol. The number of alkyl halides is 1. The minimum absolute atomic E-state index is 0.113. The summed E-state index contributed by atoms with van der Waals surface area (Å²) in [7, 11) is 0. The van der Waals surface area contributed by atoms with Crippen molar-refractivity contribution < 1.29 is 8.78 Å². The molecule has 0 saturated carbocycles. The summed E-state index contributed by atoms with van der Waals surface area (Å²) in [6.45, 7) is 3.59. The van der Waals surface area contributed by atoms with Crippen molar-refractivity contribution in [1.29, 1.82) is 0 Å². The van der Waals surface area contributed by atoms with Crippen LogP contribution in [0.1, 0.15) is 31.7 Å². The molecule has 1 saturated heterocycles. The Bertz CT molecular complexity index is 399. The van der Waals surface area contributed by atoms with E-state index in [2.05, 4.69) is 6.92 Å². The highest BCUT2D eigenvalue weighted by molar-refractivity contribution is 6.17. The Morgan fingerprint density at radius 2 is 2.00 bits per heavy atom. The van der Waals surface area contributed by atoms with Crippen molar-refractivity contribution in [2.45, 2.75) is 32.1 Å². The van der Waals surface area contributed by atoms with Crippen LogP contribution >= 0.6 is 11.6 Å². The molecular formula is C14H18ClF2N. The highest BCUT2D eigenvalue weighted by Gasteiger charge is 2.23. The Balaban J connectivity index is 2.27. The molecule has 1 unspecified atom stereocenters. The van der Waals surface area contributed by atoms with E-state index in [1.807, 2.05) is 4.90 Å². The molecule has 1 nitrogen and oxygen atoms in total. The van der Waals surface area contributed by atoms with Gasteiger partial charge in [0.25, 0.3) is 0 Å². The first-order valence-corrected chi connectivity index (χ1v) is 6.98. The molecule has 0 aromatic heterocycles. The summed E-state index contributed by atoms with van der Waals surface area (Å²) in [6.07, 6.45) is 3.20. The third-order valence-electron chi connectivity index (χ3n) is 3.64. The first-order valence-electron chi connectivity index (χ1n) is 6.44. The molecule has 0 N–H and O–H groups in total. The van der Waals surface area contributed by atoms with Gasteiger partial charge in [-0.25, -0.2) is 8.78 Å². The van der Waals surface area contributed by atoms with Crippen molar-refractivity contribution in [2.24, 2.45) is 5.92 Å². The van der Waals surface area contributed by atoms with Gasteiger partial charge in [0.1, 0.15) is 17.3 Å². The van der Waals surface area contributed by atoms with Crippen LogP contribution in [0, 0.1) is 17.6 Å². The summed E-state index contributed by atoms with van der Waals surface area (Å²) in [4.78, 5) is 1.83. The van der Waals surface area contributed by atoms with Gasteiger partial charge in [-0.05, 0) is 36.5 Å². The van der Waals surface area contributed by atoms with Crippen LogP contribution in [0.15, 0.2) is 12.1 Å². The van der Waals surface area contributed by atoms with E-state index in [1.54, 1.807) is 0 Å². The zero-order valence-corrected chi connectivity index (χ0v) is 11.3. The fraction of sp³-hybridized carbons (Fsp3) is 0.571. The van der Waals surface area contributed by atoms with Gasteiger partial charge in [0.15, 0.2) is 0 Å². The fourth-order valence-corrected chi connectivity index (χ4v) is 2.75. The number of piperidine rings is 1. The molecule has 1 aliphatic heterocycles. The third-order valence-corrected chi connectivity index (χ3v) is 3.95. The van der Waals surface area contributed by atoms with Crippen LogP contribution in [0.2, 0.25) is 0 Å². The molecule has 1 aliphatic rings. The number of halogens is 3. The number of hydrogen-bond donors (Lipinski definition) is 0. The molecule has 0 amide bonds. The van der Waals surface area contributed by atoms with Crippen LogP contribution in [-0.4, -0.2) is 13.1 Å². The van der Waals surface area contributed by atoms with E-state index in [1.165, 1.54) is 12.1 Å². The smallest absolute Gasteiger partial charge is 0.149 e. The third kappa shape index (κ3) is 2.77. The van der Waals surface area contributed by atoms with E-state index >= 15 is 0 Å². The normalized spacial score (nSPS) is 20.2. The van der Waals surface area contributed by atoms with Crippen LogP contribution in [0.3, 0.4) is 0 Å². The van der Waals surface area contributed by atoms with Gasteiger partial charge in [0.2, 0.25) is 0 Å². The predicted molar refractivity (Wildman–Crippen MR) is 71.1 cm³/mol. The Morgan fingerprint density at radius 1 is 1.33 bits per heavy atom. The lowest BCUT2D eigenvalue weighted by atomic mass is 9.95. The van der Waals surface area contributed by atoms with E-state index in [0.717, 1.165) is 32.4 Å². The second-order valence-corrected chi connectivity index (χ2v) is 5.17. The summed E-state index contributed by atoms with van der Waals surface area (Å²) in [5.74, 6) is -0.332. The molecule has 0 bridgehead atoms. The van der Waals surface area contributed by atoms with Gasteiger partial charge in [-0.2, -0.15) is 0 Å². The zero-order chi connectivity index (χ0) is 13.1. The standard InChI is InChI=1S/C14H18ClF2N/c1-2-10-4-3-5-18(9-10)14-12(16)6-11(8-15)7-13(14)17/h6-7,10H,2-5,8-9H2,1H3. The first-order chi connectivity index (χ1) is 8.65. The number of nitrogens with zero attached hydrogens (tertiary/aromatic N) is 1. The van der Waals surface area contributed by atoms with E-state index in [0.29, 0.717) is 11.5 Å². The minimum atomic E-state index is -0.498. The van der Waals surface area contributed by atoms with Gasteiger partial charge in [-0.3, -0.25) is 0 Å². The van der Waals surface area contributed by atoms with Gasteiger partial charge >= 0.3 is 0 Å². The van der Waals surface area contributed by atoms with Crippen LogP contribution < -0.4 is 4.90 Å². The number of rotatable bonds is 3. The van der Waals surface area contributed by atoms with E-state index in [4.69, 9.17) is 11.6 Å². The van der Waals surface area contributed by atoms with E-state index < -0.39 is 11.6 Å². The zero-order valence-electron chi connectivity index (χ0n) is 10.6. The number of benzene rings is 1. The highest BCUT2D eigenvalue weighted by Crippen LogP contribution is 2.30. The van der Waals surface area contributed by atoms with Crippen LogP contribution in [0.5, 0.6) is 0 Å². The molecule has 18 heavy (non-hydrogen) atoms. The average molecular weight is 274 g/mol. The molecule has 4 heteroatoms. The molecular weight excluding hydrogens is 256 g/mol. The van der Waals surface area contributed by atoms with Crippen molar-refractivity contribution in [3.05, 3.63) is 29.3 Å². The molecule has 1 heterocycles. The minimum Gasteiger partial charge on any atom is -0.367 e. The molecule has 0 aliphatic carbocycles. The molecule has 0 spiro atoms. The average Bonchev–Trinajstić information content (AvgIpc) is 2.38. The molecule has 1 aromatic carbocycles. The van der Waals surface area contributed by atoms with Crippen molar-refractivity contribution in [2.75, 3.05) is 18.0 Å². The summed E-state index contributed by atoms with van der Waals surface area (Å²) < 4.78 is 27.9. The van der Waals surface area contributed by atoms with Crippen LogP contribution in [-0.2, 0) is 5.88 Å². The number of hydrogen-bond acceptors (Lipinski definition) is 1. The van der Waals surface area contributed by atoms with Crippen LogP contribution in [0.4, 0.5) is 14.5 Å². The van der Waals surface area contributed by atoms with Crippen molar-refractivity contribution >= 4 is 17.3 Å². The maximum absolute atomic E-state index is 14.0. The van der Waals surface area contributed by atoms with Crippen molar-refractivity contribution in [3.8, 4) is 0 Å².